The van der Waals surface area contributed by atoms with Crippen LogP contribution in [0.4, 0.5) is 5.69 Å². The number of nitrogens with one attached hydrogen (secondary N) is 1. The van der Waals surface area contributed by atoms with Gasteiger partial charge in [-0.3, -0.25) is 4.79 Å². The molecule has 0 unspecified atom stereocenters. The Morgan fingerprint density at radius 1 is 1.00 bits per heavy atom. The van der Waals surface area contributed by atoms with E-state index in [1.807, 2.05) is 58.0 Å². The molecule has 0 bridgehead atoms. The van der Waals surface area contributed by atoms with Crippen LogP contribution in [0.15, 0.2) is 30.3 Å². The third kappa shape index (κ3) is 8.78. The molecule has 2 nitrogen and oxygen atoms in total. The summed E-state index contributed by atoms with van der Waals surface area (Å²) in [6.07, 6.45) is 0. The lowest BCUT2D eigenvalue weighted by Crippen LogP contribution is -2.04. The molecule has 1 aromatic rings. The zero-order valence-electron chi connectivity index (χ0n) is 9.79. The van der Waals surface area contributed by atoms with Crippen molar-refractivity contribution in [1.82, 2.24) is 0 Å². The topological polar surface area (TPSA) is 29.1 Å². The summed E-state index contributed by atoms with van der Waals surface area (Å²) in [5, 5.41) is 2.67. The molecule has 0 aliphatic carbocycles. The molecule has 1 amide bonds. The molecule has 2 heteroatoms. The highest BCUT2D eigenvalue weighted by atomic mass is 16.1. The molecule has 1 N–H and O–H groups in total. The molecule has 0 spiro atoms. The van der Waals surface area contributed by atoms with Crippen molar-refractivity contribution in [2.75, 3.05) is 5.32 Å². The lowest BCUT2D eigenvalue weighted by Gasteiger charge is -1.98. The molecule has 0 heterocycles. The van der Waals surface area contributed by atoms with E-state index in [0.717, 1.165) is 5.69 Å². The van der Waals surface area contributed by atoms with Gasteiger partial charge in [0.2, 0.25) is 5.91 Å². The smallest absolute Gasteiger partial charge is 0.221 e. The molecule has 14 heavy (non-hydrogen) atoms. The SMILES string of the molecule is CC.CC.CC(=O)Nc1ccccc1. The van der Waals surface area contributed by atoms with E-state index in [2.05, 4.69) is 5.32 Å². The van der Waals surface area contributed by atoms with E-state index < -0.39 is 0 Å². The summed E-state index contributed by atoms with van der Waals surface area (Å²) >= 11 is 0. The van der Waals surface area contributed by atoms with Gasteiger partial charge in [0.05, 0.1) is 0 Å². The molecular weight excluding hydrogens is 174 g/mol. The van der Waals surface area contributed by atoms with Crippen LogP contribution in [0.25, 0.3) is 0 Å². The largest absolute Gasteiger partial charge is 0.326 e. The zero-order valence-corrected chi connectivity index (χ0v) is 9.79. The molecule has 0 saturated heterocycles. The molecule has 0 aromatic heterocycles. The molecule has 1 aromatic carbocycles. The van der Waals surface area contributed by atoms with Crippen molar-refractivity contribution in [1.29, 1.82) is 0 Å². The number of carbonyl (C=O) groups is 1. The fraction of sp³-hybridized carbons (Fsp3) is 0.417. The summed E-state index contributed by atoms with van der Waals surface area (Å²) in [6, 6.07) is 9.37. The number of carbonyl (C=O) groups excluding carboxylic acids is 1. The number of amides is 1. The Morgan fingerprint density at radius 3 is 1.79 bits per heavy atom. The summed E-state index contributed by atoms with van der Waals surface area (Å²) in [7, 11) is 0. The van der Waals surface area contributed by atoms with Crippen molar-refractivity contribution in [2.45, 2.75) is 34.6 Å². The van der Waals surface area contributed by atoms with Crippen LogP contribution in [0.3, 0.4) is 0 Å². The van der Waals surface area contributed by atoms with E-state index >= 15 is 0 Å². The van der Waals surface area contributed by atoms with Gasteiger partial charge < -0.3 is 5.32 Å². The van der Waals surface area contributed by atoms with Crippen LogP contribution in [0.5, 0.6) is 0 Å². The predicted molar refractivity (Wildman–Crippen MR) is 63.4 cm³/mol. The summed E-state index contributed by atoms with van der Waals surface area (Å²) in [5.74, 6) is -0.0359. The minimum Gasteiger partial charge on any atom is -0.326 e. The van der Waals surface area contributed by atoms with Crippen LogP contribution in [0.1, 0.15) is 34.6 Å². The van der Waals surface area contributed by atoms with Crippen LogP contribution in [-0.2, 0) is 4.79 Å². The molecule has 0 aliphatic heterocycles. The summed E-state index contributed by atoms with van der Waals surface area (Å²) in [6.45, 7) is 9.49. The quantitative estimate of drug-likeness (QED) is 0.727. The Bertz CT molecular complexity index is 219. The molecule has 0 atom stereocenters. The third-order valence-electron chi connectivity index (χ3n) is 1.09. The fourth-order valence-electron chi connectivity index (χ4n) is 0.725. The van der Waals surface area contributed by atoms with Gasteiger partial charge in [-0.05, 0) is 12.1 Å². The van der Waals surface area contributed by atoms with Crippen molar-refractivity contribution in [3.8, 4) is 0 Å². The first-order valence-electron chi connectivity index (χ1n) is 5.11. The standard InChI is InChI=1S/C8H9NO.2C2H6/c1-7(10)9-8-5-3-2-4-6-8;2*1-2/h2-6H,1H3,(H,9,10);2*1-2H3. The second kappa shape index (κ2) is 11.7. The van der Waals surface area contributed by atoms with Gasteiger partial charge in [0, 0.05) is 12.6 Å². The first-order chi connectivity index (χ1) is 6.79. The number of benzene rings is 1. The maximum atomic E-state index is 10.5. The van der Waals surface area contributed by atoms with Gasteiger partial charge in [0.15, 0.2) is 0 Å². The lowest BCUT2D eigenvalue weighted by atomic mass is 10.3. The Hall–Kier alpha value is -1.31. The maximum Gasteiger partial charge on any atom is 0.221 e. The normalized spacial score (nSPS) is 7.21. The van der Waals surface area contributed by atoms with Gasteiger partial charge in [-0.1, -0.05) is 45.9 Å². The lowest BCUT2D eigenvalue weighted by molar-refractivity contribution is -0.114. The van der Waals surface area contributed by atoms with Gasteiger partial charge in [-0.2, -0.15) is 0 Å². The average molecular weight is 195 g/mol. The number of hydrogen-bond acceptors (Lipinski definition) is 1. The van der Waals surface area contributed by atoms with E-state index in [4.69, 9.17) is 0 Å². The molecular formula is C12H21NO. The number of para-hydroxylation sites is 1. The van der Waals surface area contributed by atoms with Crippen LogP contribution < -0.4 is 5.32 Å². The van der Waals surface area contributed by atoms with Gasteiger partial charge in [-0.15, -0.1) is 0 Å². The predicted octanol–water partition coefficient (Wildman–Crippen LogP) is 3.70. The first kappa shape index (κ1) is 15.2. The van der Waals surface area contributed by atoms with Crippen LogP contribution >= 0.6 is 0 Å². The van der Waals surface area contributed by atoms with E-state index in [0.29, 0.717) is 0 Å². The van der Waals surface area contributed by atoms with Gasteiger partial charge in [0.1, 0.15) is 0 Å². The van der Waals surface area contributed by atoms with E-state index in [1.54, 1.807) is 0 Å². The highest BCUT2D eigenvalue weighted by Gasteiger charge is 1.90. The Kier molecular flexibility index (Phi) is 12.7. The Labute approximate surface area is 87.3 Å². The number of rotatable bonds is 1. The second-order valence-electron chi connectivity index (χ2n) is 2.05. The van der Waals surface area contributed by atoms with E-state index in [9.17, 15) is 4.79 Å². The zero-order chi connectivity index (χ0) is 11.4. The van der Waals surface area contributed by atoms with Gasteiger partial charge >= 0.3 is 0 Å². The Balaban J connectivity index is 0. The number of anilines is 1. The minimum atomic E-state index is -0.0359. The van der Waals surface area contributed by atoms with Crippen molar-refractivity contribution in [2.24, 2.45) is 0 Å². The monoisotopic (exact) mass is 195 g/mol. The van der Waals surface area contributed by atoms with Crippen LogP contribution in [0, 0.1) is 0 Å². The molecule has 0 saturated carbocycles. The van der Waals surface area contributed by atoms with Crippen LogP contribution in [-0.4, -0.2) is 5.91 Å². The molecule has 0 aliphatic rings. The highest BCUT2D eigenvalue weighted by molar-refractivity contribution is 5.88. The highest BCUT2D eigenvalue weighted by Crippen LogP contribution is 2.03. The second-order valence-corrected chi connectivity index (χ2v) is 2.05. The minimum absolute atomic E-state index is 0.0359. The van der Waals surface area contributed by atoms with Crippen molar-refractivity contribution < 1.29 is 4.79 Å². The average Bonchev–Trinajstić information content (AvgIpc) is 2.24. The Morgan fingerprint density at radius 2 is 1.43 bits per heavy atom. The first-order valence-corrected chi connectivity index (χ1v) is 5.11. The molecule has 1 rings (SSSR count). The van der Waals surface area contributed by atoms with Crippen molar-refractivity contribution in [3.05, 3.63) is 30.3 Å². The number of hydrogen-bond donors (Lipinski definition) is 1. The van der Waals surface area contributed by atoms with Crippen molar-refractivity contribution in [3.63, 3.8) is 0 Å². The van der Waals surface area contributed by atoms with Crippen molar-refractivity contribution >= 4 is 11.6 Å². The molecule has 0 fully saturated rings. The van der Waals surface area contributed by atoms with E-state index in [-0.39, 0.29) is 5.91 Å². The van der Waals surface area contributed by atoms with E-state index in [1.165, 1.54) is 6.92 Å². The summed E-state index contributed by atoms with van der Waals surface area (Å²) in [5.41, 5.74) is 0.843. The molecule has 80 valence electrons. The molecule has 0 radical (unpaired) electrons. The maximum absolute atomic E-state index is 10.5. The third-order valence-corrected chi connectivity index (χ3v) is 1.09. The van der Waals surface area contributed by atoms with Gasteiger partial charge in [-0.25, -0.2) is 0 Å². The summed E-state index contributed by atoms with van der Waals surface area (Å²) in [4.78, 5) is 10.5. The summed E-state index contributed by atoms with van der Waals surface area (Å²) < 4.78 is 0. The van der Waals surface area contributed by atoms with Crippen LogP contribution in [0.2, 0.25) is 0 Å². The van der Waals surface area contributed by atoms with Gasteiger partial charge in [0.25, 0.3) is 0 Å². The fourth-order valence-corrected chi connectivity index (χ4v) is 0.725.